The maximum Gasteiger partial charge on any atom is 0.171 e. The van der Waals surface area contributed by atoms with Crippen LogP contribution in [0.25, 0.3) is 0 Å². The van der Waals surface area contributed by atoms with E-state index in [-0.39, 0.29) is 12.2 Å². The monoisotopic (exact) mass is 276 g/mol. The van der Waals surface area contributed by atoms with Crippen LogP contribution in [-0.4, -0.2) is 18.6 Å². The Balaban J connectivity index is 2.12. The van der Waals surface area contributed by atoms with Crippen molar-refractivity contribution in [3.8, 4) is 11.8 Å². The lowest BCUT2D eigenvalue weighted by atomic mass is 9.94. The maximum atomic E-state index is 12.3. The molecule has 102 valence electrons. The Morgan fingerprint density at radius 2 is 2.00 bits per heavy atom. The Morgan fingerprint density at radius 1 is 1.19 bits per heavy atom. The fourth-order valence-corrected chi connectivity index (χ4v) is 2.40. The molecule has 0 bridgehead atoms. The van der Waals surface area contributed by atoms with Gasteiger partial charge >= 0.3 is 0 Å². The van der Waals surface area contributed by atoms with Crippen LogP contribution in [0.1, 0.15) is 27.9 Å². The topological polar surface area (TPSA) is 62.4 Å². The van der Waals surface area contributed by atoms with Gasteiger partial charge in [0.25, 0.3) is 0 Å². The molecule has 0 spiro atoms. The minimum Gasteiger partial charge on any atom is -0.496 e. The van der Waals surface area contributed by atoms with Gasteiger partial charge in [-0.05, 0) is 30.3 Å². The number of rotatable bonds is 2. The summed E-state index contributed by atoms with van der Waals surface area (Å²) in [4.78, 5) is 16.9. The molecule has 0 saturated carbocycles. The highest BCUT2D eigenvalue weighted by atomic mass is 16.5. The number of methoxy groups -OCH3 is 1. The molecular weight excluding hydrogens is 264 g/mol. The van der Waals surface area contributed by atoms with Gasteiger partial charge in [-0.3, -0.25) is 9.79 Å². The zero-order chi connectivity index (χ0) is 14.8. The Labute approximate surface area is 122 Å². The molecule has 1 aliphatic rings. The first kappa shape index (κ1) is 13.1. The number of benzene rings is 2. The molecule has 0 aliphatic carbocycles. The van der Waals surface area contributed by atoms with Gasteiger partial charge in [0, 0.05) is 11.1 Å². The van der Waals surface area contributed by atoms with Crippen molar-refractivity contribution in [2.45, 2.75) is 6.42 Å². The molecule has 0 atom stereocenters. The van der Waals surface area contributed by atoms with Crippen LogP contribution in [0.4, 0.5) is 5.69 Å². The predicted octanol–water partition coefficient (Wildman–Crippen LogP) is 3.27. The largest absolute Gasteiger partial charge is 0.496 e. The number of hydrogen-bond acceptors (Lipinski definition) is 4. The van der Waals surface area contributed by atoms with Crippen LogP contribution in [0, 0.1) is 11.3 Å². The number of para-hydroxylation sites is 1. The quantitative estimate of drug-likeness (QED) is 0.845. The highest BCUT2D eigenvalue weighted by molar-refractivity contribution is 6.21. The van der Waals surface area contributed by atoms with Gasteiger partial charge in [-0.1, -0.05) is 12.1 Å². The van der Waals surface area contributed by atoms with Crippen molar-refractivity contribution in [2.75, 3.05) is 7.11 Å². The number of ether oxygens (including phenoxy) is 1. The van der Waals surface area contributed by atoms with E-state index in [2.05, 4.69) is 4.99 Å². The van der Waals surface area contributed by atoms with Crippen LogP contribution in [0.3, 0.4) is 0 Å². The Morgan fingerprint density at radius 3 is 2.76 bits per heavy atom. The normalized spacial score (nSPS) is 13.1. The zero-order valence-electron chi connectivity index (χ0n) is 11.5. The molecule has 0 amide bonds. The van der Waals surface area contributed by atoms with Gasteiger partial charge in [-0.25, -0.2) is 0 Å². The van der Waals surface area contributed by atoms with Gasteiger partial charge in [0.15, 0.2) is 5.78 Å². The highest BCUT2D eigenvalue weighted by Crippen LogP contribution is 2.31. The summed E-state index contributed by atoms with van der Waals surface area (Å²) < 4.78 is 5.32. The Hall–Kier alpha value is -2.93. The molecule has 21 heavy (non-hydrogen) atoms. The molecule has 0 fully saturated rings. The SMILES string of the molecule is COc1ccccc1C1=Nc2ccc(C#N)cc2C(=O)C1. The van der Waals surface area contributed by atoms with Crippen LogP contribution in [-0.2, 0) is 0 Å². The van der Waals surface area contributed by atoms with E-state index in [1.807, 2.05) is 30.3 Å². The number of hydrogen-bond donors (Lipinski definition) is 0. The summed E-state index contributed by atoms with van der Waals surface area (Å²) in [6.07, 6.45) is 0.211. The first-order valence-corrected chi connectivity index (χ1v) is 6.51. The number of aliphatic imine (C=N–C) groups is 1. The number of nitriles is 1. The summed E-state index contributed by atoms with van der Waals surface area (Å²) >= 11 is 0. The molecule has 0 aromatic heterocycles. The van der Waals surface area contributed by atoms with Crippen LogP contribution in [0.5, 0.6) is 5.75 Å². The lowest BCUT2D eigenvalue weighted by molar-refractivity contribution is 0.1000. The zero-order valence-corrected chi connectivity index (χ0v) is 11.5. The molecule has 1 aliphatic heterocycles. The van der Waals surface area contributed by atoms with Crippen LogP contribution in [0.2, 0.25) is 0 Å². The molecule has 0 unspecified atom stereocenters. The average molecular weight is 276 g/mol. The summed E-state index contributed by atoms with van der Waals surface area (Å²) in [5.74, 6) is 0.666. The molecule has 0 radical (unpaired) electrons. The standard InChI is InChI=1S/C17H12N2O2/c1-21-17-5-3-2-4-12(17)15-9-16(20)13-8-11(10-18)6-7-14(13)19-15/h2-8H,9H2,1H3. The summed E-state index contributed by atoms with van der Waals surface area (Å²) in [5.41, 5.74) is 3.09. The van der Waals surface area contributed by atoms with E-state index >= 15 is 0 Å². The number of nitrogens with zero attached hydrogens (tertiary/aromatic N) is 2. The summed E-state index contributed by atoms with van der Waals surface area (Å²) in [6, 6.07) is 14.5. The molecule has 2 aromatic rings. The summed E-state index contributed by atoms with van der Waals surface area (Å²) in [5, 5.41) is 8.91. The number of Topliss-reactive ketones (excluding diaryl/α,β-unsaturated/α-hetero) is 1. The van der Waals surface area contributed by atoms with Crippen molar-refractivity contribution in [1.82, 2.24) is 0 Å². The maximum absolute atomic E-state index is 12.3. The summed E-state index contributed by atoms with van der Waals surface area (Å²) in [6.45, 7) is 0. The van der Waals surface area contributed by atoms with Crippen LogP contribution in [0.15, 0.2) is 47.5 Å². The van der Waals surface area contributed by atoms with Crippen molar-refractivity contribution < 1.29 is 9.53 Å². The second kappa shape index (κ2) is 5.22. The van der Waals surface area contributed by atoms with E-state index in [4.69, 9.17) is 10.00 Å². The van der Waals surface area contributed by atoms with Crippen molar-refractivity contribution in [3.05, 3.63) is 59.2 Å². The van der Waals surface area contributed by atoms with E-state index in [9.17, 15) is 4.79 Å². The third-order valence-corrected chi connectivity index (χ3v) is 3.43. The average Bonchev–Trinajstić information content (AvgIpc) is 2.54. The Bertz CT molecular complexity index is 801. The number of carbonyl (C=O) groups is 1. The van der Waals surface area contributed by atoms with Crippen molar-refractivity contribution >= 4 is 17.2 Å². The lowest BCUT2D eigenvalue weighted by Crippen LogP contribution is -2.15. The second-order valence-electron chi connectivity index (χ2n) is 4.70. The third kappa shape index (κ3) is 2.30. The van der Waals surface area contributed by atoms with Crippen molar-refractivity contribution in [2.24, 2.45) is 4.99 Å². The van der Waals surface area contributed by atoms with Crippen molar-refractivity contribution in [3.63, 3.8) is 0 Å². The van der Waals surface area contributed by atoms with Gasteiger partial charge in [-0.15, -0.1) is 0 Å². The number of carbonyl (C=O) groups excluding carboxylic acids is 1. The molecule has 4 nitrogen and oxygen atoms in total. The smallest absolute Gasteiger partial charge is 0.171 e. The fraction of sp³-hybridized carbons (Fsp3) is 0.118. The van der Waals surface area contributed by atoms with Gasteiger partial charge in [0.2, 0.25) is 0 Å². The van der Waals surface area contributed by atoms with Gasteiger partial charge in [0.1, 0.15) is 5.75 Å². The van der Waals surface area contributed by atoms with Gasteiger partial charge < -0.3 is 4.74 Å². The van der Waals surface area contributed by atoms with E-state index in [1.165, 1.54) is 0 Å². The minimum atomic E-state index is -0.0296. The molecule has 1 heterocycles. The van der Waals surface area contributed by atoms with E-state index < -0.39 is 0 Å². The molecular formula is C17H12N2O2. The summed E-state index contributed by atoms with van der Waals surface area (Å²) in [7, 11) is 1.59. The molecule has 3 rings (SSSR count). The van der Waals surface area contributed by atoms with Crippen LogP contribution < -0.4 is 4.74 Å². The molecule has 0 saturated heterocycles. The van der Waals surface area contributed by atoms with Crippen molar-refractivity contribution in [1.29, 1.82) is 5.26 Å². The highest BCUT2D eigenvalue weighted by Gasteiger charge is 2.23. The molecule has 4 heteroatoms. The van der Waals surface area contributed by atoms with Crippen LogP contribution >= 0.6 is 0 Å². The van der Waals surface area contributed by atoms with E-state index in [1.54, 1.807) is 25.3 Å². The predicted molar refractivity (Wildman–Crippen MR) is 79.3 cm³/mol. The number of fused-ring (bicyclic) bond motifs is 1. The third-order valence-electron chi connectivity index (χ3n) is 3.43. The Kier molecular flexibility index (Phi) is 3.25. The number of ketones is 1. The van der Waals surface area contributed by atoms with E-state index in [0.29, 0.717) is 28.3 Å². The minimum absolute atomic E-state index is 0.0296. The van der Waals surface area contributed by atoms with Gasteiger partial charge in [-0.2, -0.15) is 5.26 Å². The van der Waals surface area contributed by atoms with E-state index in [0.717, 1.165) is 5.56 Å². The fourth-order valence-electron chi connectivity index (χ4n) is 2.40. The van der Waals surface area contributed by atoms with Gasteiger partial charge in [0.05, 0.1) is 36.6 Å². The second-order valence-corrected chi connectivity index (χ2v) is 4.70. The lowest BCUT2D eigenvalue weighted by Gasteiger charge is -2.16. The molecule has 0 N–H and O–H groups in total. The first-order chi connectivity index (χ1) is 10.2. The molecule has 2 aromatic carbocycles. The first-order valence-electron chi connectivity index (χ1n) is 6.51.